The Labute approximate surface area is 445 Å². The van der Waals surface area contributed by atoms with Gasteiger partial charge in [-0.1, -0.05) is 164 Å². The number of rotatable bonds is 11. The molecule has 14 rings (SSSR count). The lowest BCUT2D eigenvalue weighted by Crippen LogP contribution is -2.09. The van der Waals surface area contributed by atoms with Crippen molar-refractivity contribution >= 4 is 87.6 Å². The number of benzene rings is 11. The van der Waals surface area contributed by atoms with Crippen LogP contribution < -0.4 is 9.80 Å². The summed E-state index contributed by atoms with van der Waals surface area (Å²) in [7, 11) is 0. The molecule has 0 aliphatic heterocycles. The summed E-state index contributed by atoms with van der Waals surface area (Å²) in [5.74, 6) is 0. The minimum absolute atomic E-state index is 1.07. The molecular weight excluding hydrogens is 941 g/mol. The molecule has 0 radical (unpaired) electrons. The highest BCUT2D eigenvalue weighted by molar-refractivity contribution is 7.25. The summed E-state index contributed by atoms with van der Waals surface area (Å²) < 4.78 is 3.69. The van der Waals surface area contributed by atoms with Gasteiger partial charge in [-0.05, 0) is 166 Å². The Kier molecular flexibility index (Phi) is 11.3. The molecule has 0 N–H and O–H groups in total. The van der Waals surface area contributed by atoms with Gasteiger partial charge < -0.3 is 14.4 Å². The average Bonchev–Trinajstić information content (AvgIpc) is 4.06. The van der Waals surface area contributed by atoms with Crippen molar-refractivity contribution in [2.45, 2.75) is 0 Å². The highest BCUT2D eigenvalue weighted by atomic mass is 32.1. The van der Waals surface area contributed by atoms with Crippen molar-refractivity contribution in [2.24, 2.45) is 0 Å². The van der Waals surface area contributed by atoms with Gasteiger partial charge in [0, 0.05) is 72.3 Å². The van der Waals surface area contributed by atoms with Crippen LogP contribution in [0.15, 0.2) is 291 Å². The monoisotopic (exact) mass is 988 g/mol. The Bertz CT molecular complexity index is 4080. The fraction of sp³-hybridized carbons (Fsp3) is 0. The van der Waals surface area contributed by atoms with Gasteiger partial charge in [0.2, 0.25) is 0 Å². The van der Waals surface area contributed by atoms with Crippen LogP contribution in [0.25, 0.3) is 92.3 Å². The van der Waals surface area contributed by atoms with Crippen molar-refractivity contribution in [3.63, 3.8) is 0 Å². The molecule has 0 aliphatic rings. The second-order valence-electron chi connectivity index (χ2n) is 19.2. The Hall–Kier alpha value is -9.81. The summed E-state index contributed by atoms with van der Waals surface area (Å²) in [5.41, 5.74) is 19.5. The van der Waals surface area contributed by atoms with Crippen LogP contribution >= 0.6 is 11.3 Å². The van der Waals surface area contributed by atoms with E-state index in [2.05, 4.69) is 299 Å². The highest BCUT2D eigenvalue weighted by Gasteiger charge is 2.19. The van der Waals surface area contributed by atoms with Crippen molar-refractivity contribution in [3.8, 4) is 50.2 Å². The normalized spacial score (nSPS) is 11.4. The lowest BCUT2D eigenvalue weighted by molar-refractivity contribution is 1.18. The highest BCUT2D eigenvalue weighted by Crippen LogP contribution is 2.43. The van der Waals surface area contributed by atoms with Gasteiger partial charge in [-0.2, -0.15) is 0 Å². The Morgan fingerprint density at radius 1 is 0.303 bits per heavy atom. The third-order valence-corrected chi connectivity index (χ3v) is 15.8. The Morgan fingerprint density at radius 2 is 0.671 bits per heavy atom. The van der Waals surface area contributed by atoms with Crippen molar-refractivity contribution in [1.29, 1.82) is 0 Å². The molecule has 358 valence electrons. The molecule has 4 nitrogen and oxygen atoms in total. The zero-order valence-corrected chi connectivity index (χ0v) is 42.2. The van der Waals surface area contributed by atoms with Crippen molar-refractivity contribution in [3.05, 3.63) is 291 Å². The number of hydrogen-bond donors (Lipinski definition) is 0. The van der Waals surface area contributed by atoms with Gasteiger partial charge in [0.1, 0.15) is 4.83 Å². The molecule has 0 bridgehead atoms. The van der Waals surface area contributed by atoms with E-state index in [4.69, 9.17) is 4.98 Å². The van der Waals surface area contributed by atoms with E-state index in [1.54, 1.807) is 11.3 Å². The van der Waals surface area contributed by atoms with Crippen molar-refractivity contribution in [1.82, 2.24) is 9.55 Å². The number of pyridine rings is 1. The fourth-order valence-electron chi connectivity index (χ4n) is 11.0. The minimum Gasteiger partial charge on any atom is -0.311 e. The van der Waals surface area contributed by atoms with Crippen LogP contribution in [0.3, 0.4) is 0 Å². The van der Waals surface area contributed by atoms with Gasteiger partial charge >= 0.3 is 0 Å². The Balaban J connectivity index is 0.839. The van der Waals surface area contributed by atoms with Gasteiger partial charge in [-0.3, -0.25) is 0 Å². The van der Waals surface area contributed by atoms with E-state index in [0.717, 1.165) is 66.8 Å². The van der Waals surface area contributed by atoms with Crippen molar-refractivity contribution in [2.75, 3.05) is 9.80 Å². The smallest absolute Gasteiger partial charge is 0.125 e. The summed E-state index contributed by atoms with van der Waals surface area (Å²) in [4.78, 5) is 10.4. The number of thiophene rings is 1. The topological polar surface area (TPSA) is 24.3 Å². The molecule has 11 aromatic carbocycles. The van der Waals surface area contributed by atoms with Crippen LogP contribution in [0, 0.1) is 0 Å². The first-order chi connectivity index (χ1) is 37.7. The zero-order valence-electron chi connectivity index (χ0n) is 41.4. The van der Waals surface area contributed by atoms with E-state index < -0.39 is 0 Å². The van der Waals surface area contributed by atoms with E-state index in [0.29, 0.717) is 0 Å². The van der Waals surface area contributed by atoms with Gasteiger partial charge in [0.05, 0.1) is 11.0 Å². The molecular formula is C71H48N4S. The maximum Gasteiger partial charge on any atom is 0.125 e. The summed E-state index contributed by atoms with van der Waals surface area (Å²) >= 11 is 1.75. The van der Waals surface area contributed by atoms with Crippen molar-refractivity contribution < 1.29 is 0 Å². The molecule has 0 saturated carbocycles. The van der Waals surface area contributed by atoms with Crippen LogP contribution in [0.4, 0.5) is 34.1 Å². The van der Waals surface area contributed by atoms with E-state index >= 15 is 0 Å². The van der Waals surface area contributed by atoms with Gasteiger partial charge in [-0.15, -0.1) is 11.3 Å². The number of para-hydroxylation sites is 4. The molecule has 3 aromatic heterocycles. The van der Waals surface area contributed by atoms with Crippen LogP contribution in [0.1, 0.15) is 0 Å². The quantitative estimate of drug-likeness (QED) is 0.129. The van der Waals surface area contributed by atoms with E-state index in [9.17, 15) is 0 Å². The molecule has 5 heteroatoms. The van der Waals surface area contributed by atoms with E-state index in [1.165, 1.54) is 59.6 Å². The second kappa shape index (κ2) is 19.2. The molecule has 0 spiro atoms. The first-order valence-corrected chi connectivity index (χ1v) is 26.6. The van der Waals surface area contributed by atoms with E-state index in [-0.39, 0.29) is 0 Å². The molecule has 76 heavy (non-hydrogen) atoms. The van der Waals surface area contributed by atoms with Crippen LogP contribution in [-0.4, -0.2) is 9.55 Å². The molecule has 14 aromatic rings. The minimum atomic E-state index is 1.07. The van der Waals surface area contributed by atoms with Gasteiger partial charge in [0.25, 0.3) is 0 Å². The first-order valence-electron chi connectivity index (χ1n) is 25.8. The summed E-state index contributed by atoms with van der Waals surface area (Å²) in [5, 5.41) is 4.89. The fourth-order valence-corrected chi connectivity index (χ4v) is 12.1. The maximum absolute atomic E-state index is 4.74. The lowest BCUT2D eigenvalue weighted by atomic mass is 9.98. The molecule has 3 heterocycles. The molecule has 0 unspecified atom stereocenters. The number of anilines is 6. The third kappa shape index (κ3) is 8.16. The molecule has 0 amide bonds. The second-order valence-corrected chi connectivity index (χ2v) is 20.2. The predicted molar refractivity (Wildman–Crippen MR) is 323 cm³/mol. The van der Waals surface area contributed by atoms with Crippen LogP contribution in [0.2, 0.25) is 0 Å². The number of fused-ring (bicyclic) bond motifs is 6. The first kappa shape index (κ1) is 44.9. The number of aromatic nitrogens is 2. The maximum atomic E-state index is 4.74. The number of nitrogens with zero attached hydrogens (tertiary/aromatic N) is 4. The molecule has 0 aliphatic carbocycles. The molecule has 0 saturated heterocycles. The van der Waals surface area contributed by atoms with E-state index in [1.807, 2.05) is 6.20 Å². The summed E-state index contributed by atoms with van der Waals surface area (Å²) in [6, 6.07) is 103. The third-order valence-electron chi connectivity index (χ3n) is 14.7. The van der Waals surface area contributed by atoms with Crippen LogP contribution in [0.5, 0.6) is 0 Å². The summed E-state index contributed by atoms with van der Waals surface area (Å²) in [6.07, 6.45) is 1.93. The Morgan fingerprint density at radius 3 is 1.14 bits per heavy atom. The van der Waals surface area contributed by atoms with Gasteiger partial charge in [0.15, 0.2) is 0 Å². The predicted octanol–water partition coefficient (Wildman–Crippen LogP) is 20.2. The largest absolute Gasteiger partial charge is 0.311 e. The number of hydrogen-bond acceptors (Lipinski definition) is 4. The summed E-state index contributed by atoms with van der Waals surface area (Å²) in [6.45, 7) is 0. The van der Waals surface area contributed by atoms with Crippen LogP contribution in [-0.2, 0) is 0 Å². The lowest BCUT2D eigenvalue weighted by Gasteiger charge is -2.25. The zero-order chi connectivity index (χ0) is 50.4. The SMILES string of the molecule is c1ccc(N(c2ccccc2)c2ccc(-c3ccc4c(c3)c3cc(-c5ccc(N(c6ccccc6)c6ccccc6)cc5)ccc3n4-c3ccc(-c4ccc(-c5ccnc6sc7ccccc7c56)cc4)cc3)cc2)cc1. The molecule has 0 atom stereocenters. The molecule has 0 fully saturated rings. The average molecular weight is 989 g/mol. The standard InChI is InChI=1S/C71H48N4S/c1-5-15-56(16-6-1)73(57-17-7-2-8-18-57)60-37-31-51(32-38-60)54-35-43-67-65(47-54)66-48-55(52-33-39-61(40-34-52)74(58-19-9-3-10-20-58)59-21-11-4-12-22-59)36-44-68(66)75(67)62-41-29-50(30-42-62)49-25-27-53(28-26-49)63-45-46-72-71-70(63)64-23-13-14-24-69(64)76-71/h1-48H. The van der Waals surface area contributed by atoms with Gasteiger partial charge in [-0.25, -0.2) is 4.98 Å².